The van der Waals surface area contributed by atoms with Crippen LogP contribution in [0.4, 0.5) is 17.1 Å². The Morgan fingerprint density at radius 3 is 2.41 bits per heavy atom. The van der Waals surface area contributed by atoms with E-state index in [-0.39, 0.29) is 5.91 Å². The molecule has 1 amide bonds. The van der Waals surface area contributed by atoms with Gasteiger partial charge in [-0.2, -0.15) is 0 Å². The van der Waals surface area contributed by atoms with Crippen molar-refractivity contribution < 1.29 is 4.79 Å². The Hall–Kier alpha value is -2.56. The van der Waals surface area contributed by atoms with Gasteiger partial charge >= 0.3 is 0 Å². The van der Waals surface area contributed by atoms with Crippen molar-refractivity contribution in [2.45, 2.75) is 51.0 Å². The Labute approximate surface area is 161 Å². The summed E-state index contributed by atoms with van der Waals surface area (Å²) in [5.74, 6) is -0.122. The average Bonchev–Trinajstić information content (AvgIpc) is 3.24. The van der Waals surface area contributed by atoms with Crippen LogP contribution in [0.2, 0.25) is 0 Å². The molecule has 0 bridgehead atoms. The summed E-state index contributed by atoms with van der Waals surface area (Å²) in [5, 5.41) is 6.51. The molecule has 0 radical (unpaired) electrons. The zero-order chi connectivity index (χ0) is 18.5. The lowest BCUT2D eigenvalue weighted by molar-refractivity contribution is 0.102. The number of aromatic nitrogens is 1. The van der Waals surface area contributed by atoms with Crippen LogP contribution in [0.1, 0.15) is 55.3 Å². The van der Waals surface area contributed by atoms with Gasteiger partial charge in [-0.1, -0.05) is 19.3 Å². The van der Waals surface area contributed by atoms with Crippen molar-refractivity contribution in [1.29, 1.82) is 0 Å². The van der Waals surface area contributed by atoms with Crippen molar-refractivity contribution in [1.82, 2.24) is 4.98 Å². The van der Waals surface area contributed by atoms with Gasteiger partial charge in [0.25, 0.3) is 5.91 Å². The fourth-order valence-electron chi connectivity index (χ4n) is 4.06. The normalized spacial score (nSPS) is 17.7. The number of hydrogen-bond donors (Lipinski definition) is 2. The minimum absolute atomic E-state index is 0.122. The van der Waals surface area contributed by atoms with Crippen LogP contribution in [0.3, 0.4) is 0 Å². The van der Waals surface area contributed by atoms with E-state index >= 15 is 0 Å². The monoisotopic (exact) mass is 364 g/mol. The topological polar surface area (TPSA) is 57.3 Å². The molecule has 2 N–H and O–H groups in total. The molecule has 27 heavy (non-hydrogen) atoms. The molecule has 2 heterocycles. The number of benzene rings is 1. The molecule has 1 aromatic heterocycles. The molecule has 0 atom stereocenters. The summed E-state index contributed by atoms with van der Waals surface area (Å²) in [6.45, 7) is 2.25. The molecule has 5 nitrogen and oxygen atoms in total. The predicted molar refractivity (Wildman–Crippen MR) is 111 cm³/mol. The Bertz CT molecular complexity index is 762. The summed E-state index contributed by atoms with van der Waals surface area (Å²) in [4.78, 5) is 19.2. The van der Waals surface area contributed by atoms with E-state index < -0.39 is 0 Å². The third-order valence-corrected chi connectivity index (χ3v) is 5.57. The average molecular weight is 364 g/mol. The third kappa shape index (κ3) is 4.59. The standard InChI is InChI=1S/C22H28N4O/c27-22(25-19-8-10-21(11-9-19)26-12-4-5-13-26)17-14-20(16-23-15-17)24-18-6-2-1-3-7-18/h8-11,14-16,18,24H,1-7,12-13H2,(H,25,27). The Kier molecular flexibility index (Phi) is 5.56. The van der Waals surface area contributed by atoms with Crippen LogP contribution in [-0.2, 0) is 0 Å². The first-order valence-electron chi connectivity index (χ1n) is 10.2. The van der Waals surface area contributed by atoms with E-state index in [0.717, 1.165) is 24.5 Å². The van der Waals surface area contributed by atoms with Crippen molar-refractivity contribution in [2.75, 3.05) is 28.6 Å². The van der Waals surface area contributed by atoms with Gasteiger partial charge in [0.2, 0.25) is 0 Å². The van der Waals surface area contributed by atoms with Crippen molar-refractivity contribution in [3.63, 3.8) is 0 Å². The van der Waals surface area contributed by atoms with E-state index in [1.165, 1.54) is 50.6 Å². The minimum Gasteiger partial charge on any atom is -0.381 e. The second kappa shape index (κ2) is 8.42. The van der Waals surface area contributed by atoms with Crippen LogP contribution in [0.15, 0.2) is 42.7 Å². The minimum atomic E-state index is -0.122. The highest BCUT2D eigenvalue weighted by Gasteiger charge is 2.15. The first kappa shape index (κ1) is 17.8. The molecular weight excluding hydrogens is 336 g/mol. The highest BCUT2D eigenvalue weighted by Crippen LogP contribution is 2.23. The molecule has 142 valence electrons. The zero-order valence-electron chi connectivity index (χ0n) is 15.8. The van der Waals surface area contributed by atoms with Gasteiger partial charge in [-0.15, -0.1) is 0 Å². The van der Waals surface area contributed by atoms with Gasteiger partial charge in [-0.3, -0.25) is 9.78 Å². The number of rotatable bonds is 5. The quantitative estimate of drug-likeness (QED) is 0.809. The molecule has 1 aliphatic heterocycles. The van der Waals surface area contributed by atoms with Crippen molar-refractivity contribution in [3.8, 4) is 0 Å². The van der Waals surface area contributed by atoms with E-state index in [2.05, 4.69) is 32.7 Å². The summed E-state index contributed by atoms with van der Waals surface area (Å²) < 4.78 is 0. The fourth-order valence-corrected chi connectivity index (χ4v) is 4.06. The summed E-state index contributed by atoms with van der Waals surface area (Å²) in [7, 11) is 0. The Balaban J connectivity index is 1.38. The van der Waals surface area contributed by atoms with Crippen LogP contribution in [0.5, 0.6) is 0 Å². The maximum Gasteiger partial charge on any atom is 0.257 e. The summed E-state index contributed by atoms with van der Waals surface area (Å²) >= 11 is 0. The molecule has 1 saturated carbocycles. The molecule has 0 unspecified atom stereocenters. The molecule has 1 aromatic carbocycles. The van der Waals surface area contributed by atoms with E-state index in [0.29, 0.717) is 11.6 Å². The lowest BCUT2D eigenvalue weighted by Gasteiger charge is -2.23. The molecule has 2 fully saturated rings. The smallest absolute Gasteiger partial charge is 0.257 e. The number of hydrogen-bond acceptors (Lipinski definition) is 4. The second-order valence-electron chi connectivity index (χ2n) is 7.64. The van der Waals surface area contributed by atoms with Gasteiger partial charge in [0, 0.05) is 42.9 Å². The van der Waals surface area contributed by atoms with E-state index in [9.17, 15) is 4.79 Å². The van der Waals surface area contributed by atoms with Crippen molar-refractivity contribution >= 4 is 23.0 Å². The summed E-state index contributed by atoms with van der Waals surface area (Å²) in [5.41, 5.74) is 3.55. The van der Waals surface area contributed by atoms with Gasteiger partial charge < -0.3 is 15.5 Å². The molecule has 2 aromatic rings. The predicted octanol–water partition coefficient (Wildman–Crippen LogP) is 4.68. The largest absolute Gasteiger partial charge is 0.381 e. The number of amides is 1. The van der Waals surface area contributed by atoms with Gasteiger partial charge in [-0.25, -0.2) is 0 Å². The van der Waals surface area contributed by atoms with Crippen LogP contribution in [0.25, 0.3) is 0 Å². The Morgan fingerprint density at radius 2 is 1.67 bits per heavy atom. The van der Waals surface area contributed by atoms with Crippen LogP contribution in [0, 0.1) is 0 Å². The molecule has 2 aliphatic rings. The highest BCUT2D eigenvalue weighted by atomic mass is 16.1. The number of anilines is 3. The van der Waals surface area contributed by atoms with Crippen LogP contribution < -0.4 is 15.5 Å². The number of carbonyl (C=O) groups excluding carboxylic acids is 1. The highest BCUT2D eigenvalue weighted by molar-refractivity contribution is 6.04. The molecule has 1 saturated heterocycles. The molecule has 0 spiro atoms. The maximum atomic E-state index is 12.6. The summed E-state index contributed by atoms with van der Waals surface area (Å²) in [6.07, 6.45) is 12.2. The lowest BCUT2D eigenvalue weighted by Crippen LogP contribution is -2.22. The third-order valence-electron chi connectivity index (χ3n) is 5.57. The number of pyridine rings is 1. The van der Waals surface area contributed by atoms with Crippen molar-refractivity contribution in [3.05, 3.63) is 48.3 Å². The van der Waals surface area contributed by atoms with E-state index in [1.807, 2.05) is 18.2 Å². The first-order valence-corrected chi connectivity index (χ1v) is 10.2. The lowest BCUT2D eigenvalue weighted by atomic mass is 9.95. The summed E-state index contributed by atoms with van der Waals surface area (Å²) in [6, 6.07) is 10.5. The molecule has 4 rings (SSSR count). The van der Waals surface area contributed by atoms with Crippen LogP contribution in [-0.4, -0.2) is 30.0 Å². The van der Waals surface area contributed by atoms with Crippen molar-refractivity contribution in [2.24, 2.45) is 0 Å². The fraction of sp³-hybridized carbons (Fsp3) is 0.455. The van der Waals surface area contributed by atoms with Gasteiger partial charge in [0.15, 0.2) is 0 Å². The van der Waals surface area contributed by atoms with Gasteiger partial charge in [-0.05, 0) is 56.0 Å². The number of nitrogens with one attached hydrogen (secondary N) is 2. The molecule has 1 aliphatic carbocycles. The molecule has 5 heteroatoms. The van der Waals surface area contributed by atoms with E-state index in [4.69, 9.17) is 0 Å². The maximum absolute atomic E-state index is 12.6. The number of carbonyl (C=O) groups is 1. The van der Waals surface area contributed by atoms with Gasteiger partial charge in [0.05, 0.1) is 11.3 Å². The number of nitrogens with zero attached hydrogens (tertiary/aromatic N) is 2. The second-order valence-corrected chi connectivity index (χ2v) is 7.64. The van der Waals surface area contributed by atoms with Crippen LogP contribution >= 0.6 is 0 Å². The Morgan fingerprint density at radius 1 is 0.926 bits per heavy atom. The zero-order valence-corrected chi connectivity index (χ0v) is 15.8. The molecular formula is C22H28N4O. The SMILES string of the molecule is O=C(Nc1ccc(N2CCCC2)cc1)c1cncc(NC2CCCCC2)c1. The van der Waals surface area contributed by atoms with Gasteiger partial charge in [0.1, 0.15) is 0 Å². The van der Waals surface area contributed by atoms with E-state index in [1.54, 1.807) is 12.4 Å². The first-order chi connectivity index (χ1) is 13.3.